The van der Waals surface area contributed by atoms with Crippen LogP contribution < -0.4 is 0 Å². The summed E-state index contributed by atoms with van der Waals surface area (Å²) in [6.45, 7) is 9.68. The molecule has 4 nitrogen and oxygen atoms in total. The van der Waals surface area contributed by atoms with Gasteiger partial charge in [-0.25, -0.2) is 4.79 Å². The average Bonchev–Trinajstić information content (AvgIpc) is 2.58. The van der Waals surface area contributed by atoms with Gasteiger partial charge in [0, 0.05) is 12.5 Å². The molecule has 90 valence electrons. The molecule has 1 fully saturated rings. The molecule has 1 aliphatic rings. The molecule has 0 radical (unpaired) electrons. The van der Waals surface area contributed by atoms with Gasteiger partial charge in [-0.2, -0.15) is 0 Å². The number of carbonyl (C=O) groups is 2. The molecule has 2 unspecified atom stereocenters. The van der Waals surface area contributed by atoms with Crippen molar-refractivity contribution in [3.63, 3.8) is 0 Å². The van der Waals surface area contributed by atoms with Gasteiger partial charge in [0.2, 0.25) is 0 Å². The Morgan fingerprint density at radius 1 is 1.50 bits per heavy atom. The fourth-order valence-electron chi connectivity index (χ4n) is 1.80. The van der Waals surface area contributed by atoms with Crippen LogP contribution in [0, 0.1) is 5.92 Å². The Bertz CT molecular complexity index is 293. The molecule has 4 heteroatoms. The number of likely N-dealkylation sites (tertiary alicyclic amines) is 1. The number of hydrogen-bond acceptors (Lipinski definition) is 4. The third-order valence-electron chi connectivity index (χ3n) is 2.48. The van der Waals surface area contributed by atoms with Crippen molar-refractivity contribution in [2.75, 3.05) is 6.54 Å². The summed E-state index contributed by atoms with van der Waals surface area (Å²) in [6, 6.07) is -0.369. The van der Waals surface area contributed by atoms with Crippen LogP contribution in [0.4, 0.5) is 0 Å². The van der Waals surface area contributed by atoms with Gasteiger partial charge in [0.05, 0.1) is 0 Å². The smallest absolute Gasteiger partial charge is 0.329 e. The quantitative estimate of drug-likeness (QED) is 0.537. The first-order valence-corrected chi connectivity index (χ1v) is 5.44. The normalized spacial score (nSPS) is 25.3. The lowest BCUT2D eigenvalue weighted by Crippen LogP contribution is -2.37. The van der Waals surface area contributed by atoms with Crippen molar-refractivity contribution in [3.8, 4) is 0 Å². The highest BCUT2D eigenvalue weighted by Gasteiger charge is 2.37. The fourth-order valence-corrected chi connectivity index (χ4v) is 1.80. The molecule has 2 atom stereocenters. The largest absolute Gasteiger partial charge is 0.458 e. The monoisotopic (exact) mass is 225 g/mol. The summed E-state index contributed by atoms with van der Waals surface area (Å²) in [6.07, 6.45) is 3.00. The van der Waals surface area contributed by atoms with Crippen LogP contribution in [-0.4, -0.2) is 35.3 Å². The Hall–Kier alpha value is -1.32. The highest BCUT2D eigenvalue weighted by Crippen LogP contribution is 2.24. The summed E-state index contributed by atoms with van der Waals surface area (Å²) in [5.41, 5.74) is -0.497. The standard InChI is InChI=1S/C12H19NO3/c1-5-13-7-9(8-14)6-10(13)11(15)16-12(2,3)4/h5,8-10H,1,6-7H2,2-4H3. The maximum absolute atomic E-state index is 11.9. The van der Waals surface area contributed by atoms with Gasteiger partial charge in [-0.3, -0.25) is 0 Å². The highest BCUT2D eigenvalue weighted by atomic mass is 16.6. The number of nitrogens with zero attached hydrogens (tertiary/aromatic N) is 1. The van der Waals surface area contributed by atoms with E-state index in [1.807, 2.05) is 20.8 Å². The SMILES string of the molecule is C=CN1CC(C=O)CC1C(=O)OC(C)(C)C. The van der Waals surface area contributed by atoms with Crippen LogP contribution in [0.25, 0.3) is 0 Å². The van der Waals surface area contributed by atoms with Gasteiger partial charge < -0.3 is 14.4 Å². The van der Waals surface area contributed by atoms with Gasteiger partial charge in [0.1, 0.15) is 17.9 Å². The lowest BCUT2D eigenvalue weighted by molar-refractivity contribution is -0.159. The second kappa shape index (κ2) is 4.68. The minimum Gasteiger partial charge on any atom is -0.458 e. The van der Waals surface area contributed by atoms with E-state index in [9.17, 15) is 9.59 Å². The Labute approximate surface area is 96.3 Å². The molecule has 1 aliphatic heterocycles. The number of hydrogen-bond donors (Lipinski definition) is 0. The van der Waals surface area contributed by atoms with Crippen molar-refractivity contribution >= 4 is 12.3 Å². The van der Waals surface area contributed by atoms with Crippen LogP contribution in [-0.2, 0) is 14.3 Å². The third kappa shape index (κ3) is 3.08. The first-order valence-electron chi connectivity index (χ1n) is 5.44. The van der Waals surface area contributed by atoms with Gasteiger partial charge in [0.25, 0.3) is 0 Å². The van der Waals surface area contributed by atoms with Gasteiger partial charge >= 0.3 is 5.97 Å². The average molecular weight is 225 g/mol. The van der Waals surface area contributed by atoms with E-state index in [2.05, 4.69) is 6.58 Å². The summed E-state index contributed by atoms with van der Waals surface area (Å²) < 4.78 is 5.30. The molecular formula is C12H19NO3. The number of ether oxygens (including phenoxy) is 1. The van der Waals surface area contributed by atoms with E-state index in [-0.39, 0.29) is 17.9 Å². The second-order valence-electron chi connectivity index (χ2n) is 5.06. The summed E-state index contributed by atoms with van der Waals surface area (Å²) >= 11 is 0. The Morgan fingerprint density at radius 2 is 2.12 bits per heavy atom. The zero-order valence-electron chi connectivity index (χ0n) is 10.1. The first-order chi connectivity index (χ1) is 7.37. The number of rotatable bonds is 3. The molecule has 1 rings (SSSR count). The van der Waals surface area contributed by atoms with Crippen molar-refractivity contribution in [3.05, 3.63) is 12.8 Å². The lowest BCUT2D eigenvalue weighted by Gasteiger charge is -2.26. The molecule has 0 saturated carbocycles. The summed E-state index contributed by atoms with van der Waals surface area (Å²) in [5, 5.41) is 0. The summed E-state index contributed by atoms with van der Waals surface area (Å²) in [5.74, 6) is -0.382. The molecule has 0 aromatic heterocycles. The van der Waals surface area contributed by atoms with Crippen molar-refractivity contribution < 1.29 is 14.3 Å². The third-order valence-corrected chi connectivity index (χ3v) is 2.48. The minimum absolute atomic E-state index is 0.101. The van der Waals surface area contributed by atoms with Gasteiger partial charge in [-0.05, 0) is 33.4 Å². The van der Waals surface area contributed by atoms with E-state index in [0.29, 0.717) is 13.0 Å². The van der Waals surface area contributed by atoms with E-state index < -0.39 is 5.60 Å². The van der Waals surface area contributed by atoms with E-state index in [1.54, 1.807) is 11.1 Å². The van der Waals surface area contributed by atoms with E-state index >= 15 is 0 Å². The van der Waals surface area contributed by atoms with Crippen LogP contribution in [0.3, 0.4) is 0 Å². The highest BCUT2D eigenvalue weighted by molar-refractivity contribution is 5.78. The fraction of sp³-hybridized carbons (Fsp3) is 0.667. The Kier molecular flexibility index (Phi) is 3.73. The number of esters is 1. The molecular weight excluding hydrogens is 206 g/mol. The van der Waals surface area contributed by atoms with Crippen LogP contribution in [0.15, 0.2) is 12.8 Å². The zero-order chi connectivity index (χ0) is 12.3. The topological polar surface area (TPSA) is 46.6 Å². The first kappa shape index (κ1) is 12.7. The van der Waals surface area contributed by atoms with Gasteiger partial charge in [-0.15, -0.1) is 0 Å². The van der Waals surface area contributed by atoms with Crippen molar-refractivity contribution in [2.45, 2.75) is 38.8 Å². The summed E-state index contributed by atoms with van der Waals surface area (Å²) in [4.78, 5) is 24.3. The van der Waals surface area contributed by atoms with Gasteiger partial charge in [-0.1, -0.05) is 6.58 Å². The molecule has 1 heterocycles. The molecule has 0 spiro atoms. The predicted octanol–water partition coefficient (Wildman–Crippen LogP) is 1.36. The van der Waals surface area contributed by atoms with E-state index in [0.717, 1.165) is 6.29 Å². The molecule has 1 saturated heterocycles. The molecule has 0 N–H and O–H groups in total. The molecule has 0 aliphatic carbocycles. The molecule has 16 heavy (non-hydrogen) atoms. The number of aldehydes is 1. The molecule has 0 aromatic rings. The molecule has 0 amide bonds. The Morgan fingerprint density at radius 3 is 2.56 bits per heavy atom. The summed E-state index contributed by atoms with van der Waals surface area (Å²) in [7, 11) is 0. The van der Waals surface area contributed by atoms with Crippen molar-refractivity contribution in [1.29, 1.82) is 0 Å². The minimum atomic E-state index is -0.497. The van der Waals surface area contributed by atoms with E-state index in [1.165, 1.54) is 0 Å². The molecule has 0 bridgehead atoms. The maximum atomic E-state index is 11.9. The van der Waals surface area contributed by atoms with Crippen LogP contribution in [0.1, 0.15) is 27.2 Å². The molecule has 0 aromatic carbocycles. The van der Waals surface area contributed by atoms with Gasteiger partial charge in [0.15, 0.2) is 0 Å². The van der Waals surface area contributed by atoms with Crippen LogP contribution in [0.5, 0.6) is 0 Å². The predicted molar refractivity (Wildman–Crippen MR) is 60.7 cm³/mol. The Balaban J connectivity index is 2.68. The zero-order valence-corrected chi connectivity index (χ0v) is 10.1. The van der Waals surface area contributed by atoms with E-state index in [4.69, 9.17) is 4.74 Å². The van der Waals surface area contributed by atoms with Crippen LogP contribution >= 0.6 is 0 Å². The lowest BCUT2D eigenvalue weighted by atomic mass is 10.1. The second-order valence-corrected chi connectivity index (χ2v) is 5.06. The van der Waals surface area contributed by atoms with Crippen molar-refractivity contribution in [2.24, 2.45) is 5.92 Å². The van der Waals surface area contributed by atoms with Crippen molar-refractivity contribution in [1.82, 2.24) is 4.90 Å². The van der Waals surface area contributed by atoms with Crippen LogP contribution in [0.2, 0.25) is 0 Å². The maximum Gasteiger partial charge on any atom is 0.329 e. The number of carbonyl (C=O) groups excluding carboxylic acids is 2.